The minimum atomic E-state index is -0.241. The third-order valence-corrected chi connectivity index (χ3v) is 3.55. The first-order chi connectivity index (χ1) is 8.18. The number of primary amides is 1. The van der Waals surface area contributed by atoms with Crippen molar-refractivity contribution in [3.63, 3.8) is 0 Å². The molecule has 2 aliphatic rings. The summed E-state index contributed by atoms with van der Waals surface area (Å²) in [5.74, 6) is -0.161. The van der Waals surface area contributed by atoms with Crippen LogP contribution in [0.15, 0.2) is 0 Å². The van der Waals surface area contributed by atoms with Crippen LogP contribution in [0, 0.1) is 5.92 Å². The predicted molar refractivity (Wildman–Crippen MR) is 63.2 cm³/mol. The van der Waals surface area contributed by atoms with Crippen molar-refractivity contribution in [2.45, 2.75) is 18.9 Å². The number of amides is 2. The number of nitrogens with zero attached hydrogens (tertiary/aromatic N) is 1. The third-order valence-electron chi connectivity index (χ3n) is 3.55. The number of carbonyl (C=O) groups excluding carboxylic acids is 2. The summed E-state index contributed by atoms with van der Waals surface area (Å²) in [5.41, 5.74) is 5.27. The Morgan fingerprint density at radius 3 is 2.41 bits per heavy atom. The molecule has 96 valence electrons. The lowest BCUT2D eigenvalue weighted by atomic mass is 9.96. The standard InChI is InChI=1S/C11H20N4O2/c12-10(16)8-1-5-15(6-2-8)11(17)9-7-13-3-4-14-9/h8-9,13-14H,1-7H2,(H2,12,16). The first kappa shape index (κ1) is 12.3. The van der Waals surface area contributed by atoms with Gasteiger partial charge in [-0.25, -0.2) is 0 Å². The van der Waals surface area contributed by atoms with Gasteiger partial charge in [0.25, 0.3) is 0 Å². The fourth-order valence-corrected chi connectivity index (χ4v) is 2.43. The van der Waals surface area contributed by atoms with Gasteiger partial charge in [0.2, 0.25) is 11.8 Å². The Labute approximate surface area is 101 Å². The van der Waals surface area contributed by atoms with E-state index in [2.05, 4.69) is 10.6 Å². The Morgan fingerprint density at radius 2 is 1.88 bits per heavy atom. The molecule has 2 saturated heterocycles. The van der Waals surface area contributed by atoms with Crippen LogP contribution in [0.3, 0.4) is 0 Å². The summed E-state index contributed by atoms with van der Waals surface area (Å²) in [7, 11) is 0. The molecule has 2 aliphatic heterocycles. The highest BCUT2D eigenvalue weighted by atomic mass is 16.2. The van der Waals surface area contributed by atoms with Gasteiger partial charge in [-0.1, -0.05) is 0 Å². The fraction of sp³-hybridized carbons (Fsp3) is 0.818. The van der Waals surface area contributed by atoms with Crippen LogP contribution in [0.1, 0.15) is 12.8 Å². The number of piperazine rings is 1. The quantitative estimate of drug-likeness (QED) is 0.535. The highest BCUT2D eigenvalue weighted by molar-refractivity contribution is 5.83. The first-order valence-corrected chi connectivity index (χ1v) is 6.20. The molecule has 1 unspecified atom stereocenters. The summed E-state index contributed by atoms with van der Waals surface area (Å²) >= 11 is 0. The van der Waals surface area contributed by atoms with Crippen molar-refractivity contribution < 1.29 is 9.59 Å². The number of carbonyl (C=O) groups is 2. The zero-order valence-electron chi connectivity index (χ0n) is 9.95. The van der Waals surface area contributed by atoms with E-state index in [1.54, 1.807) is 0 Å². The molecule has 0 saturated carbocycles. The van der Waals surface area contributed by atoms with Gasteiger partial charge in [-0.2, -0.15) is 0 Å². The molecular weight excluding hydrogens is 220 g/mol. The van der Waals surface area contributed by atoms with E-state index in [1.807, 2.05) is 4.90 Å². The summed E-state index contributed by atoms with van der Waals surface area (Å²) in [6.07, 6.45) is 1.39. The minimum Gasteiger partial charge on any atom is -0.369 e. The largest absolute Gasteiger partial charge is 0.369 e. The number of hydrogen-bond donors (Lipinski definition) is 3. The second kappa shape index (κ2) is 5.46. The van der Waals surface area contributed by atoms with Crippen LogP contribution in [-0.4, -0.2) is 55.5 Å². The second-order valence-corrected chi connectivity index (χ2v) is 4.71. The van der Waals surface area contributed by atoms with E-state index < -0.39 is 0 Å². The van der Waals surface area contributed by atoms with Gasteiger partial charge in [0.15, 0.2) is 0 Å². The second-order valence-electron chi connectivity index (χ2n) is 4.71. The fourth-order valence-electron chi connectivity index (χ4n) is 2.43. The highest BCUT2D eigenvalue weighted by Gasteiger charge is 2.30. The van der Waals surface area contributed by atoms with Crippen molar-refractivity contribution in [3.8, 4) is 0 Å². The van der Waals surface area contributed by atoms with Crippen LogP contribution >= 0.6 is 0 Å². The first-order valence-electron chi connectivity index (χ1n) is 6.20. The van der Waals surface area contributed by atoms with E-state index in [4.69, 9.17) is 5.73 Å². The normalized spacial score (nSPS) is 26.8. The lowest BCUT2D eigenvalue weighted by Crippen LogP contribution is -2.57. The monoisotopic (exact) mass is 240 g/mol. The average Bonchev–Trinajstić information content (AvgIpc) is 2.39. The molecule has 2 fully saturated rings. The van der Waals surface area contributed by atoms with E-state index in [0.717, 1.165) is 13.1 Å². The SMILES string of the molecule is NC(=O)C1CCN(C(=O)C2CNCCN2)CC1. The number of rotatable bonds is 2. The molecule has 0 aromatic rings. The van der Waals surface area contributed by atoms with Gasteiger partial charge < -0.3 is 21.3 Å². The van der Waals surface area contributed by atoms with Crippen molar-refractivity contribution in [1.29, 1.82) is 0 Å². The summed E-state index contributed by atoms with van der Waals surface area (Å²) in [4.78, 5) is 25.0. The smallest absolute Gasteiger partial charge is 0.241 e. The lowest BCUT2D eigenvalue weighted by Gasteiger charge is -2.34. The molecule has 0 aliphatic carbocycles. The molecule has 2 rings (SSSR count). The number of nitrogens with one attached hydrogen (secondary N) is 2. The molecule has 17 heavy (non-hydrogen) atoms. The van der Waals surface area contributed by atoms with E-state index in [-0.39, 0.29) is 23.8 Å². The van der Waals surface area contributed by atoms with E-state index in [0.29, 0.717) is 32.5 Å². The maximum atomic E-state index is 12.1. The van der Waals surface area contributed by atoms with Crippen molar-refractivity contribution >= 4 is 11.8 Å². The molecule has 0 bridgehead atoms. The molecular formula is C11H20N4O2. The molecule has 1 atom stereocenters. The van der Waals surface area contributed by atoms with Gasteiger partial charge in [0.1, 0.15) is 0 Å². The molecule has 6 heteroatoms. The Balaban J connectivity index is 1.83. The molecule has 2 amide bonds. The van der Waals surface area contributed by atoms with Gasteiger partial charge in [-0.15, -0.1) is 0 Å². The number of hydrogen-bond acceptors (Lipinski definition) is 4. The molecule has 0 aromatic carbocycles. The van der Waals surface area contributed by atoms with Crippen molar-refractivity contribution in [1.82, 2.24) is 15.5 Å². The van der Waals surface area contributed by atoms with E-state index in [9.17, 15) is 9.59 Å². The maximum absolute atomic E-state index is 12.1. The van der Waals surface area contributed by atoms with Crippen molar-refractivity contribution in [2.24, 2.45) is 11.7 Å². The molecule has 6 nitrogen and oxygen atoms in total. The van der Waals surface area contributed by atoms with Gasteiger partial charge in [0, 0.05) is 38.6 Å². The third kappa shape index (κ3) is 2.95. The zero-order valence-corrected chi connectivity index (χ0v) is 9.95. The zero-order chi connectivity index (χ0) is 12.3. The van der Waals surface area contributed by atoms with E-state index >= 15 is 0 Å². The molecule has 0 aromatic heterocycles. The lowest BCUT2D eigenvalue weighted by molar-refractivity contribution is -0.137. The number of nitrogens with two attached hydrogens (primary N) is 1. The van der Waals surface area contributed by atoms with Crippen LogP contribution in [0.2, 0.25) is 0 Å². The molecule has 0 radical (unpaired) electrons. The Hall–Kier alpha value is -1.14. The van der Waals surface area contributed by atoms with E-state index in [1.165, 1.54) is 0 Å². The molecule has 4 N–H and O–H groups in total. The minimum absolute atomic E-state index is 0.0588. The predicted octanol–water partition coefficient (Wildman–Crippen LogP) is -1.73. The summed E-state index contributed by atoms with van der Waals surface area (Å²) in [5, 5.41) is 6.40. The number of piperidine rings is 1. The highest BCUT2D eigenvalue weighted by Crippen LogP contribution is 2.17. The van der Waals surface area contributed by atoms with Gasteiger partial charge >= 0.3 is 0 Å². The van der Waals surface area contributed by atoms with Crippen LogP contribution in [0.25, 0.3) is 0 Å². The Morgan fingerprint density at radius 1 is 1.18 bits per heavy atom. The van der Waals surface area contributed by atoms with Gasteiger partial charge in [0.05, 0.1) is 6.04 Å². The molecule has 0 spiro atoms. The van der Waals surface area contributed by atoms with Gasteiger partial charge in [-0.05, 0) is 12.8 Å². The van der Waals surface area contributed by atoms with Crippen LogP contribution in [0.4, 0.5) is 0 Å². The summed E-state index contributed by atoms with van der Waals surface area (Å²) in [6.45, 7) is 3.71. The number of likely N-dealkylation sites (tertiary alicyclic amines) is 1. The maximum Gasteiger partial charge on any atom is 0.241 e. The summed E-state index contributed by atoms with van der Waals surface area (Å²) < 4.78 is 0. The van der Waals surface area contributed by atoms with Crippen LogP contribution in [0.5, 0.6) is 0 Å². The van der Waals surface area contributed by atoms with Crippen LogP contribution < -0.4 is 16.4 Å². The van der Waals surface area contributed by atoms with Crippen molar-refractivity contribution in [2.75, 3.05) is 32.7 Å². The Bertz CT molecular complexity index is 294. The van der Waals surface area contributed by atoms with Gasteiger partial charge in [-0.3, -0.25) is 9.59 Å². The average molecular weight is 240 g/mol. The van der Waals surface area contributed by atoms with Crippen molar-refractivity contribution in [3.05, 3.63) is 0 Å². The summed E-state index contributed by atoms with van der Waals surface area (Å²) in [6, 6.07) is -0.117. The Kier molecular flexibility index (Phi) is 3.96. The van der Waals surface area contributed by atoms with Crippen LogP contribution in [-0.2, 0) is 9.59 Å². The topological polar surface area (TPSA) is 87.5 Å². The molecule has 2 heterocycles.